The van der Waals surface area contributed by atoms with Gasteiger partial charge in [-0.15, -0.1) is 0 Å². The van der Waals surface area contributed by atoms with Gasteiger partial charge in [-0.2, -0.15) is 0 Å². The van der Waals surface area contributed by atoms with E-state index in [1.165, 1.54) is 13.2 Å². The second-order valence-corrected chi connectivity index (χ2v) is 7.18. The predicted octanol–water partition coefficient (Wildman–Crippen LogP) is 6.16. The van der Waals surface area contributed by atoms with Crippen molar-refractivity contribution in [2.24, 2.45) is 0 Å². The van der Waals surface area contributed by atoms with Crippen LogP contribution in [0.15, 0.2) is 60.7 Å². The van der Waals surface area contributed by atoms with E-state index in [4.69, 9.17) is 39.5 Å². The third-order valence-electron chi connectivity index (χ3n) is 4.00. The first kappa shape index (κ1) is 21.0. The van der Waals surface area contributed by atoms with Crippen LogP contribution in [0, 0.1) is 0 Å². The molecule has 0 aromatic heterocycles. The van der Waals surface area contributed by atoms with E-state index in [-0.39, 0.29) is 16.5 Å². The topological polar surface area (TPSA) is 67.4 Å². The number of benzene rings is 3. The molecule has 0 fully saturated rings. The maximum atomic E-state index is 12.5. The summed E-state index contributed by atoms with van der Waals surface area (Å²) in [6.45, 7) is 0. The number of methoxy groups -OCH3 is 1. The van der Waals surface area contributed by atoms with Crippen molar-refractivity contribution in [2.75, 3.05) is 17.7 Å². The summed E-state index contributed by atoms with van der Waals surface area (Å²) in [4.78, 5) is 25.0. The number of halogens is 3. The van der Waals surface area contributed by atoms with Crippen LogP contribution in [0.1, 0.15) is 20.7 Å². The van der Waals surface area contributed by atoms with E-state index in [9.17, 15) is 9.59 Å². The minimum Gasteiger partial charge on any atom is -0.494 e. The van der Waals surface area contributed by atoms with Crippen LogP contribution in [-0.4, -0.2) is 18.9 Å². The van der Waals surface area contributed by atoms with Crippen molar-refractivity contribution in [3.05, 3.63) is 86.9 Å². The maximum absolute atomic E-state index is 12.5. The molecule has 2 amide bonds. The van der Waals surface area contributed by atoms with Crippen molar-refractivity contribution in [3.8, 4) is 5.75 Å². The Hall–Kier alpha value is -2.73. The molecule has 3 rings (SSSR count). The normalized spacial score (nSPS) is 10.3. The lowest BCUT2D eigenvalue weighted by Gasteiger charge is -2.13. The number of nitrogens with one attached hydrogen (secondary N) is 2. The van der Waals surface area contributed by atoms with Crippen molar-refractivity contribution in [2.45, 2.75) is 0 Å². The third kappa shape index (κ3) is 5.01. The fraction of sp³-hybridized carbons (Fsp3) is 0.0476. The molecule has 0 saturated heterocycles. The zero-order valence-electron chi connectivity index (χ0n) is 15.1. The molecule has 3 aromatic rings. The summed E-state index contributed by atoms with van der Waals surface area (Å²) in [5.41, 5.74) is 1.47. The number of rotatable bonds is 5. The van der Waals surface area contributed by atoms with E-state index < -0.39 is 5.91 Å². The fourth-order valence-corrected chi connectivity index (χ4v) is 3.17. The van der Waals surface area contributed by atoms with Gasteiger partial charge in [0.1, 0.15) is 5.75 Å². The summed E-state index contributed by atoms with van der Waals surface area (Å²) >= 11 is 18.1. The first-order valence-corrected chi connectivity index (χ1v) is 9.52. The van der Waals surface area contributed by atoms with Crippen molar-refractivity contribution < 1.29 is 14.3 Å². The first-order valence-electron chi connectivity index (χ1n) is 8.39. The van der Waals surface area contributed by atoms with Crippen LogP contribution in [0.3, 0.4) is 0 Å². The van der Waals surface area contributed by atoms with Crippen LogP contribution >= 0.6 is 34.8 Å². The third-order valence-corrected chi connectivity index (χ3v) is 4.89. The number of amides is 2. The largest absolute Gasteiger partial charge is 0.494 e. The number of ether oxygens (including phenoxy) is 1. The van der Waals surface area contributed by atoms with Gasteiger partial charge in [-0.25, -0.2) is 0 Å². The van der Waals surface area contributed by atoms with Gasteiger partial charge in [0.15, 0.2) is 0 Å². The molecule has 2 N–H and O–H groups in total. The Morgan fingerprint density at radius 2 is 1.48 bits per heavy atom. The van der Waals surface area contributed by atoms with Gasteiger partial charge in [0, 0.05) is 16.8 Å². The molecule has 0 radical (unpaired) electrons. The lowest BCUT2D eigenvalue weighted by Crippen LogP contribution is -2.14. The van der Waals surface area contributed by atoms with Crippen LogP contribution in [0.5, 0.6) is 5.75 Å². The molecular weight excluding hydrogens is 435 g/mol. The molecular formula is C21H15Cl3N2O3. The Bertz CT molecular complexity index is 1090. The zero-order valence-corrected chi connectivity index (χ0v) is 17.4. The molecule has 5 nitrogen and oxygen atoms in total. The summed E-state index contributed by atoms with van der Waals surface area (Å²) in [6, 6.07) is 16.2. The highest BCUT2D eigenvalue weighted by atomic mass is 35.5. The number of carbonyl (C=O) groups excluding carboxylic acids is 2. The highest BCUT2D eigenvalue weighted by Gasteiger charge is 2.15. The lowest BCUT2D eigenvalue weighted by molar-refractivity contribution is 0.101. The van der Waals surface area contributed by atoms with Crippen LogP contribution in [0.2, 0.25) is 15.1 Å². The number of carbonyl (C=O) groups is 2. The molecule has 148 valence electrons. The Morgan fingerprint density at radius 1 is 0.793 bits per heavy atom. The average Bonchev–Trinajstić information content (AvgIpc) is 2.71. The lowest BCUT2D eigenvalue weighted by atomic mass is 10.2. The molecule has 0 spiro atoms. The monoisotopic (exact) mass is 448 g/mol. The van der Waals surface area contributed by atoms with Gasteiger partial charge in [-0.3, -0.25) is 9.59 Å². The Labute approximate surface area is 182 Å². The quantitative estimate of drug-likeness (QED) is 0.490. The standard InChI is InChI=1S/C21H15Cl3N2O3/c1-29-19-11-13(25-21(28)15-10-12(22)6-8-17(15)24)7-9-18(19)26-20(27)14-4-2-3-5-16(14)23/h2-11H,1H3,(H,25,28)(H,26,27). The summed E-state index contributed by atoms with van der Waals surface area (Å²) in [6.07, 6.45) is 0. The summed E-state index contributed by atoms with van der Waals surface area (Å²) in [5, 5.41) is 6.49. The van der Waals surface area contributed by atoms with E-state index in [1.807, 2.05) is 0 Å². The molecule has 29 heavy (non-hydrogen) atoms. The minimum absolute atomic E-state index is 0.245. The highest BCUT2D eigenvalue weighted by molar-refractivity contribution is 6.36. The zero-order chi connectivity index (χ0) is 21.0. The molecule has 0 saturated carbocycles. The maximum Gasteiger partial charge on any atom is 0.257 e. The van der Waals surface area contributed by atoms with Gasteiger partial charge in [0.2, 0.25) is 0 Å². The van der Waals surface area contributed by atoms with Crippen molar-refractivity contribution >= 4 is 58.0 Å². The highest BCUT2D eigenvalue weighted by Crippen LogP contribution is 2.30. The summed E-state index contributed by atoms with van der Waals surface area (Å²) in [5.74, 6) is -0.441. The second-order valence-electron chi connectivity index (χ2n) is 5.93. The minimum atomic E-state index is -0.424. The van der Waals surface area contributed by atoms with E-state index >= 15 is 0 Å². The van der Waals surface area contributed by atoms with Crippen molar-refractivity contribution in [1.29, 1.82) is 0 Å². The fourth-order valence-electron chi connectivity index (χ4n) is 2.58. The van der Waals surface area contributed by atoms with Gasteiger partial charge in [-0.05, 0) is 42.5 Å². The van der Waals surface area contributed by atoms with E-state index in [0.29, 0.717) is 32.7 Å². The number of anilines is 2. The van der Waals surface area contributed by atoms with Crippen molar-refractivity contribution in [1.82, 2.24) is 0 Å². The first-order chi connectivity index (χ1) is 13.9. The molecule has 0 unspecified atom stereocenters. The van der Waals surface area contributed by atoms with E-state index in [2.05, 4.69) is 10.6 Å². The van der Waals surface area contributed by atoms with Crippen LogP contribution < -0.4 is 15.4 Å². The predicted molar refractivity (Wildman–Crippen MR) is 117 cm³/mol. The van der Waals surface area contributed by atoms with E-state index in [1.54, 1.807) is 54.6 Å². The molecule has 0 aliphatic rings. The van der Waals surface area contributed by atoms with Crippen molar-refractivity contribution in [3.63, 3.8) is 0 Å². The summed E-state index contributed by atoms with van der Waals surface area (Å²) in [7, 11) is 1.46. The molecule has 0 aliphatic carbocycles. The summed E-state index contributed by atoms with van der Waals surface area (Å²) < 4.78 is 5.34. The van der Waals surface area contributed by atoms with Crippen LogP contribution in [0.25, 0.3) is 0 Å². The molecule has 0 bridgehead atoms. The van der Waals surface area contributed by atoms with E-state index in [0.717, 1.165) is 0 Å². The molecule has 3 aromatic carbocycles. The van der Waals surface area contributed by atoms with Gasteiger partial charge >= 0.3 is 0 Å². The number of hydrogen-bond donors (Lipinski definition) is 2. The molecule has 0 atom stereocenters. The van der Waals surface area contributed by atoms with Gasteiger partial charge in [0.25, 0.3) is 11.8 Å². The number of hydrogen-bond acceptors (Lipinski definition) is 3. The average molecular weight is 450 g/mol. The Kier molecular flexibility index (Phi) is 6.64. The second kappa shape index (κ2) is 9.18. The van der Waals surface area contributed by atoms with Crippen LogP contribution in [-0.2, 0) is 0 Å². The Morgan fingerprint density at radius 3 is 2.21 bits per heavy atom. The molecule has 0 heterocycles. The van der Waals surface area contributed by atoms with Gasteiger partial charge in [0.05, 0.1) is 34.0 Å². The van der Waals surface area contributed by atoms with Gasteiger partial charge in [-0.1, -0.05) is 46.9 Å². The van der Waals surface area contributed by atoms with Crippen LogP contribution in [0.4, 0.5) is 11.4 Å². The molecule has 8 heteroatoms. The molecule has 0 aliphatic heterocycles. The van der Waals surface area contributed by atoms with Gasteiger partial charge < -0.3 is 15.4 Å². The smallest absolute Gasteiger partial charge is 0.257 e. The Balaban J connectivity index is 1.80. The SMILES string of the molecule is COc1cc(NC(=O)c2cc(Cl)ccc2Cl)ccc1NC(=O)c1ccccc1Cl.